The van der Waals surface area contributed by atoms with Gasteiger partial charge >= 0.3 is 0 Å². The smallest absolute Gasteiger partial charge is 0.252 e. The van der Waals surface area contributed by atoms with Gasteiger partial charge in [0.1, 0.15) is 12.0 Å². The Bertz CT molecular complexity index is 799. The van der Waals surface area contributed by atoms with E-state index in [1.54, 1.807) is 61.5 Å². The molecule has 1 aliphatic carbocycles. The molecule has 7 heteroatoms. The van der Waals surface area contributed by atoms with Gasteiger partial charge in [0.05, 0.1) is 5.92 Å². The summed E-state index contributed by atoms with van der Waals surface area (Å²) in [6, 6.07) is 14.9. The number of nitrogens with zero attached hydrogens (tertiary/aromatic N) is 2. The lowest BCUT2D eigenvalue weighted by atomic mass is 9.62. The van der Waals surface area contributed by atoms with E-state index in [1.165, 1.54) is 0 Å². The molecule has 1 fully saturated rings. The van der Waals surface area contributed by atoms with Crippen LogP contribution in [-0.4, -0.2) is 33.1 Å². The van der Waals surface area contributed by atoms with Crippen molar-refractivity contribution < 1.29 is 15.0 Å². The van der Waals surface area contributed by atoms with Crippen LogP contribution in [0.3, 0.4) is 0 Å². The molecule has 0 unspecified atom stereocenters. The maximum atomic E-state index is 12.2. The van der Waals surface area contributed by atoms with Crippen molar-refractivity contribution in [1.29, 1.82) is 0 Å². The number of hydrogen-bond acceptors (Lipinski definition) is 5. The summed E-state index contributed by atoms with van der Waals surface area (Å²) in [6.45, 7) is 1.81. The highest BCUT2D eigenvalue weighted by atomic mass is 16.6. The molecule has 0 aliphatic heterocycles. The molecule has 1 N–H and O–H groups in total. The van der Waals surface area contributed by atoms with Gasteiger partial charge in [0, 0.05) is 15.8 Å². The molecule has 7 nitrogen and oxygen atoms in total. The Morgan fingerprint density at radius 3 is 1.67 bits per heavy atom. The zero-order chi connectivity index (χ0) is 19.6. The molecule has 142 valence electrons. The molecule has 6 atom stereocenters. The molecule has 1 aliphatic rings. The van der Waals surface area contributed by atoms with Crippen LogP contribution in [-0.2, 0) is 0 Å². The highest BCUT2D eigenvalue weighted by molar-refractivity contribution is 5.31. The lowest BCUT2D eigenvalue weighted by Crippen LogP contribution is -2.58. The highest BCUT2D eigenvalue weighted by Gasteiger charge is 2.61. The lowest BCUT2D eigenvalue weighted by Gasteiger charge is -2.42. The van der Waals surface area contributed by atoms with Gasteiger partial charge in [0.15, 0.2) is 0 Å². The van der Waals surface area contributed by atoms with Crippen molar-refractivity contribution in [2.75, 3.05) is 0 Å². The summed E-state index contributed by atoms with van der Waals surface area (Å²) in [7, 11) is 0. The molecule has 1 saturated carbocycles. The average Bonchev–Trinajstić information content (AvgIpc) is 2.67. The second-order valence-electron chi connectivity index (χ2n) is 6.99. The van der Waals surface area contributed by atoms with Crippen molar-refractivity contribution in [3.8, 4) is 0 Å². The van der Waals surface area contributed by atoms with Crippen molar-refractivity contribution in [1.82, 2.24) is 0 Å². The number of benzene rings is 2. The number of rotatable bonds is 5. The van der Waals surface area contributed by atoms with Crippen LogP contribution in [0.5, 0.6) is 0 Å². The van der Waals surface area contributed by atoms with Crippen molar-refractivity contribution in [2.24, 2.45) is 5.92 Å². The van der Waals surface area contributed by atoms with Crippen LogP contribution in [0.1, 0.15) is 36.3 Å². The van der Waals surface area contributed by atoms with E-state index < -0.39 is 45.8 Å². The Hall–Kier alpha value is -2.80. The Labute approximate surface area is 157 Å². The zero-order valence-electron chi connectivity index (χ0n) is 14.9. The van der Waals surface area contributed by atoms with Gasteiger partial charge in [0.2, 0.25) is 6.04 Å². The summed E-state index contributed by atoms with van der Waals surface area (Å²) >= 11 is 0. The first-order chi connectivity index (χ1) is 13.0. The molecule has 0 heterocycles. The fourth-order valence-corrected chi connectivity index (χ4v) is 4.56. The fraction of sp³-hybridized carbons (Fsp3) is 0.400. The number of aliphatic hydroxyl groups excluding tert-OH is 1. The summed E-state index contributed by atoms with van der Waals surface area (Å²) in [5, 5.41) is 34.9. The Kier molecular flexibility index (Phi) is 5.51. The van der Waals surface area contributed by atoms with Gasteiger partial charge in [-0.25, -0.2) is 0 Å². The first-order valence-electron chi connectivity index (χ1n) is 9.02. The van der Waals surface area contributed by atoms with Gasteiger partial charge in [-0.1, -0.05) is 67.6 Å². The standard InChI is InChI=1S/C20H22N2O5/c1-2-15-16(13-9-5-3-6-10-13)18(21(24)25)17(14-11-7-4-8-12-14)19(20(15)23)22(26)27/h3-12,15-20,23H,2H2,1H3/t15-,16-,17-,18-,19+,20-/m1/s1. The van der Waals surface area contributed by atoms with Gasteiger partial charge in [-0.05, 0) is 17.5 Å². The average molecular weight is 370 g/mol. The molecule has 0 bridgehead atoms. The Morgan fingerprint density at radius 1 is 0.815 bits per heavy atom. The molecule has 0 spiro atoms. The monoisotopic (exact) mass is 370 g/mol. The molecule has 0 saturated heterocycles. The fourth-order valence-electron chi connectivity index (χ4n) is 4.56. The molecular formula is C20H22N2O5. The predicted octanol–water partition coefficient (Wildman–Crippen LogP) is 3.25. The third-order valence-electron chi connectivity index (χ3n) is 5.68. The van der Waals surface area contributed by atoms with Crippen molar-refractivity contribution in [3.63, 3.8) is 0 Å². The van der Waals surface area contributed by atoms with Crippen LogP contribution in [0, 0.1) is 26.1 Å². The molecule has 0 aromatic heterocycles. The SMILES string of the molecule is CC[C@H]1[C@@H](O)[C@@H]([N+](=O)[O-])[C@H](c2ccccc2)[C@H]([N+](=O)[O-])[C@@H]1c1ccccc1. The minimum atomic E-state index is -1.42. The van der Waals surface area contributed by atoms with E-state index >= 15 is 0 Å². The van der Waals surface area contributed by atoms with Gasteiger partial charge < -0.3 is 5.11 Å². The summed E-state index contributed by atoms with van der Waals surface area (Å²) in [6.07, 6.45) is -0.853. The van der Waals surface area contributed by atoms with Gasteiger partial charge in [-0.15, -0.1) is 0 Å². The van der Waals surface area contributed by atoms with Crippen LogP contribution in [0.25, 0.3) is 0 Å². The van der Waals surface area contributed by atoms with Crippen molar-refractivity contribution >= 4 is 0 Å². The number of hydrogen-bond donors (Lipinski definition) is 1. The Morgan fingerprint density at radius 2 is 1.26 bits per heavy atom. The Balaban J connectivity index is 2.21. The molecular weight excluding hydrogens is 348 g/mol. The quantitative estimate of drug-likeness (QED) is 0.642. The maximum Gasteiger partial charge on any atom is 0.252 e. The third-order valence-corrected chi connectivity index (χ3v) is 5.68. The van der Waals surface area contributed by atoms with E-state index in [2.05, 4.69) is 0 Å². The molecule has 0 amide bonds. The first kappa shape index (κ1) is 19.0. The summed E-state index contributed by atoms with van der Waals surface area (Å²) in [5.74, 6) is -2.19. The normalized spacial score (nSPS) is 30.6. The van der Waals surface area contributed by atoms with Gasteiger partial charge in [0.25, 0.3) is 6.04 Å². The summed E-state index contributed by atoms with van der Waals surface area (Å²) in [4.78, 5) is 23.0. The molecule has 3 rings (SSSR count). The van der Waals surface area contributed by atoms with Crippen molar-refractivity contribution in [3.05, 3.63) is 92.0 Å². The minimum Gasteiger partial charge on any atom is -0.386 e. The number of aliphatic hydroxyl groups is 1. The lowest BCUT2D eigenvalue weighted by molar-refractivity contribution is -0.588. The maximum absolute atomic E-state index is 12.2. The van der Waals surface area contributed by atoms with E-state index in [0.29, 0.717) is 12.0 Å². The van der Waals surface area contributed by atoms with Crippen LogP contribution in [0.2, 0.25) is 0 Å². The van der Waals surface area contributed by atoms with Crippen LogP contribution in [0.4, 0.5) is 0 Å². The molecule has 2 aromatic carbocycles. The second-order valence-corrected chi connectivity index (χ2v) is 6.99. The van der Waals surface area contributed by atoms with E-state index in [1.807, 2.05) is 6.07 Å². The van der Waals surface area contributed by atoms with Crippen LogP contribution >= 0.6 is 0 Å². The molecule has 0 radical (unpaired) electrons. The topological polar surface area (TPSA) is 107 Å². The van der Waals surface area contributed by atoms with Crippen molar-refractivity contribution in [2.45, 2.75) is 43.4 Å². The van der Waals surface area contributed by atoms with Crippen LogP contribution in [0.15, 0.2) is 60.7 Å². The van der Waals surface area contributed by atoms with Crippen LogP contribution < -0.4 is 0 Å². The minimum absolute atomic E-state index is 0.402. The summed E-state index contributed by atoms with van der Waals surface area (Å²) < 4.78 is 0. The third kappa shape index (κ3) is 3.42. The summed E-state index contributed by atoms with van der Waals surface area (Å²) in [5.41, 5.74) is 1.24. The first-order valence-corrected chi connectivity index (χ1v) is 9.02. The van der Waals surface area contributed by atoms with Gasteiger partial charge in [-0.3, -0.25) is 20.2 Å². The van der Waals surface area contributed by atoms with E-state index in [0.717, 1.165) is 5.56 Å². The number of nitro groups is 2. The van der Waals surface area contributed by atoms with E-state index in [9.17, 15) is 25.3 Å². The van der Waals surface area contributed by atoms with E-state index in [4.69, 9.17) is 0 Å². The zero-order valence-corrected chi connectivity index (χ0v) is 14.9. The highest BCUT2D eigenvalue weighted by Crippen LogP contribution is 2.48. The predicted molar refractivity (Wildman–Crippen MR) is 99.7 cm³/mol. The molecule has 2 aromatic rings. The van der Waals surface area contributed by atoms with E-state index in [-0.39, 0.29) is 0 Å². The van der Waals surface area contributed by atoms with Gasteiger partial charge in [-0.2, -0.15) is 0 Å². The largest absolute Gasteiger partial charge is 0.386 e. The molecule has 27 heavy (non-hydrogen) atoms. The second kappa shape index (κ2) is 7.84.